The van der Waals surface area contributed by atoms with E-state index in [-0.39, 0.29) is 18.1 Å². The van der Waals surface area contributed by atoms with Gasteiger partial charge in [0.05, 0.1) is 10.2 Å². The molecule has 3 rings (SSSR count). The number of allylic oxidation sites excluding steroid dienone is 2. The van der Waals surface area contributed by atoms with Crippen molar-refractivity contribution in [2.24, 2.45) is 0 Å². The number of fused-ring (bicyclic) bond motifs is 1. The number of nitrogens with one attached hydrogen (secondary N) is 1. The Hall–Kier alpha value is -2.83. The number of rotatable bonds is 7. The van der Waals surface area contributed by atoms with E-state index in [1.54, 1.807) is 0 Å². The number of aliphatic hydroxyl groups is 1. The molecular formula is C20H20N2O3S. The lowest BCUT2D eigenvalue weighted by Gasteiger charge is -2.04. The molecule has 0 unspecified atom stereocenters. The maximum atomic E-state index is 9.53. The van der Waals surface area contributed by atoms with Crippen molar-refractivity contribution in [2.45, 2.75) is 6.42 Å². The zero-order valence-electron chi connectivity index (χ0n) is 14.1. The monoisotopic (exact) mass is 368 g/mol. The van der Waals surface area contributed by atoms with Gasteiger partial charge in [-0.3, -0.25) is 0 Å². The molecule has 0 aliphatic carbocycles. The van der Waals surface area contributed by atoms with Crippen LogP contribution in [0.25, 0.3) is 22.4 Å². The van der Waals surface area contributed by atoms with Crippen molar-refractivity contribution in [3.8, 4) is 11.5 Å². The van der Waals surface area contributed by atoms with Crippen LogP contribution in [0.3, 0.4) is 0 Å². The third-order valence-electron chi connectivity index (χ3n) is 3.71. The van der Waals surface area contributed by atoms with Gasteiger partial charge in [0.15, 0.2) is 11.5 Å². The van der Waals surface area contributed by atoms with E-state index in [9.17, 15) is 10.2 Å². The van der Waals surface area contributed by atoms with Crippen molar-refractivity contribution in [1.29, 1.82) is 0 Å². The van der Waals surface area contributed by atoms with Crippen LogP contribution in [0.5, 0.6) is 11.5 Å². The van der Waals surface area contributed by atoms with Crippen molar-refractivity contribution < 1.29 is 15.3 Å². The van der Waals surface area contributed by atoms with Crippen LogP contribution in [0.4, 0.5) is 5.69 Å². The second-order valence-corrected chi connectivity index (χ2v) is 6.77. The second kappa shape index (κ2) is 8.51. The minimum atomic E-state index is -0.160. The molecule has 0 atom stereocenters. The Labute approximate surface area is 155 Å². The summed E-state index contributed by atoms with van der Waals surface area (Å²) in [5.74, 6) is -0.293. The zero-order chi connectivity index (χ0) is 18.4. The fourth-order valence-corrected chi connectivity index (χ4v) is 3.27. The summed E-state index contributed by atoms with van der Waals surface area (Å²) in [7, 11) is 0. The first-order valence-electron chi connectivity index (χ1n) is 8.28. The van der Waals surface area contributed by atoms with Crippen molar-refractivity contribution in [3.05, 3.63) is 59.1 Å². The average molecular weight is 368 g/mol. The van der Waals surface area contributed by atoms with Gasteiger partial charge in [-0.05, 0) is 30.2 Å². The third kappa shape index (κ3) is 4.62. The Morgan fingerprint density at radius 1 is 1.00 bits per heavy atom. The molecule has 0 radical (unpaired) electrons. The number of nitrogens with zero attached hydrogens (tertiary/aromatic N) is 1. The molecule has 134 valence electrons. The topological polar surface area (TPSA) is 85.6 Å². The van der Waals surface area contributed by atoms with Crippen LogP contribution in [0.15, 0.2) is 48.6 Å². The van der Waals surface area contributed by atoms with Gasteiger partial charge in [0.2, 0.25) is 0 Å². The van der Waals surface area contributed by atoms with Crippen LogP contribution < -0.4 is 5.32 Å². The lowest BCUT2D eigenvalue weighted by molar-refractivity contribution is 0.292. The van der Waals surface area contributed by atoms with Gasteiger partial charge in [0.25, 0.3) is 0 Å². The predicted octanol–water partition coefficient (Wildman–Crippen LogP) is 4.23. The van der Waals surface area contributed by atoms with E-state index in [4.69, 9.17) is 5.11 Å². The van der Waals surface area contributed by atoms with Gasteiger partial charge in [0, 0.05) is 31.0 Å². The maximum Gasteiger partial charge on any atom is 0.159 e. The molecule has 1 heterocycles. The molecule has 5 nitrogen and oxygen atoms in total. The summed E-state index contributed by atoms with van der Waals surface area (Å²) in [6.07, 6.45) is 8.47. The summed E-state index contributed by atoms with van der Waals surface area (Å²) in [5.41, 5.74) is 2.78. The summed E-state index contributed by atoms with van der Waals surface area (Å²) in [4.78, 5) is 4.41. The molecule has 0 spiro atoms. The molecule has 0 bridgehead atoms. The van der Waals surface area contributed by atoms with E-state index in [0.717, 1.165) is 33.9 Å². The van der Waals surface area contributed by atoms with Crippen LogP contribution >= 0.6 is 11.3 Å². The Balaban J connectivity index is 1.61. The van der Waals surface area contributed by atoms with Crippen molar-refractivity contribution in [3.63, 3.8) is 0 Å². The van der Waals surface area contributed by atoms with Gasteiger partial charge in [0.1, 0.15) is 5.01 Å². The predicted molar refractivity (Wildman–Crippen MR) is 108 cm³/mol. The molecule has 6 heteroatoms. The van der Waals surface area contributed by atoms with E-state index < -0.39 is 0 Å². The molecule has 0 aliphatic heterocycles. The Bertz CT molecular complexity index is 891. The first-order valence-corrected chi connectivity index (χ1v) is 9.09. The number of hydrogen-bond donors (Lipinski definition) is 4. The van der Waals surface area contributed by atoms with E-state index >= 15 is 0 Å². The van der Waals surface area contributed by atoms with Crippen LogP contribution in [0, 0.1) is 0 Å². The highest BCUT2D eigenvalue weighted by atomic mass is 32.1. The molecule has 0 fully saturated rings. The Morgan fingerprint density at radius 3 is 2.50 bits per heavy atom. The minimum absolute atomic E-state index is 0.133. The van der Waals surface area contributed by atoms with Crippen LogP contribution in [-0.4, -0.2) is 33.5 Å². The number of aliphatic hydroxyl groups excluding tert-OH is 1. The first-order chi connectivity index (χ1) is 12.7. The van der Waals surface area contributed by atoms with Crippen LogP contribution in [0.2, 0.25) is 0 Å². The first kappa shape index (κ1) is 18.0. The third-order valence-corrected chi connectivity index (χ3v) is 4.70. The number of benzene rings is 2. The SMILES string of the molecule is OCCCNc1ccc(/C=C/C=C/c2nc3cc(O)c(O)cc3s2)cc1. The summed E-state index contributed by atoms with van der Waals surface area (Å²) in [6.45, 7) is 0.948. The number of hydrogen-bond acceptors (Lipinski definition) is 6. The highest BCUT2D eigenvalue weighted by molar-refractivity contribution is 7.19. The maximum absolute atomic E-state index is 9.53. The van der Waals surface area contributed by atoms with Gasteiger partial charge in [-0.15, -0.1) is 11.3 Å². The number of anilines is 1. The number of phenolic OH excluding ortho intramolecular Hbond substituents is 2. The van der Waals surface area contributed by atoms with Crippen molar-refractivity contribution in [2.75, 3.05) is 18.5 Å². The summed E-state index contributed by atoms with van der Waals surface area (Å²) < 4.78 is 0.827. The Kier molecular flexibility index (Phi) is 5.88. The normalized spacial score (nSPS) is 11.7. The number of aromatic hydroxyl groups is 2. The molecule has 3 aromatic rings. The second-order valence-electron chi connectivity index (χ2n) is 5.70. The quantitative estimate of drug-likeness (QED) is 0.285. The van der Waals surface area contributed by atoms with Crippen molar-refractivity contribution in [1.82, 2.24) is 4.98 Å². The average Bonchev–Trinajstić information content (AvgIpc) is 3.02. The van der Waals surface area contributed by atoms with Gasteiger partial charge in [-0.1, -0.05) is 30.4 Å². The molecule has 0 saturated carbocycles. The van der Waals surface area contributed by atoms with E-state index in [2.05, 4.69) is 10.3 Å². The van der Waals surface area contributed by atoms with Crippen molar-refractivity contribution >= 4 is 39.4 Å². The fraction of sp³-hybridized carbons (Fsp3) is 0.150. The number of thiazole rings is 1. The smallest absolute Gasteiger partial charge is 0.159 e. The zero-order valence-corrected chi connectivity index (χ0v) is 14.9. The van der Waals surface area contributed by atoms with Gasteiger partial charge in [-0.2, -0.15) is 0 Å². The standard InChI is InChI=1S/C20H20N2O3S/c23-11-3-10-21-15-8-6-14(7-9-15)4-1-2-5-20-22-16-12-17(24)18(25)13-19(16)26-20/h1-2,4-9,12-13,21,23-25H,3,10-11H2/b4-1+,5-2+. The van der Waals surface area contributed by atoms with E-state index in [0.29, 0.717) is 5.52 Å². The van der Waals surface area contributed by atoms with Crippen LogP contribution in [-0.2, 0) is 0 Å². The lowest BCUT2D eigenvalue weighted by Crippen LogP contribution is -2.02. The van der Waals surface area contributed by atoms with Gasteiger partial charge < -0.3 is 20.6 Å². The molecule has 26 heavy (non-hydrogen) atoms. The fourth-order valence-electron chi connectivity index (χ4n) is 2.37. The molecule has 0 saturated heterocycles. The molecule has 4 N–H and O–H groups in total. The number of phenols is 2. The van der Waals surface area contributed by atoms with Crippen LogP contribution in [0.1, 0.15) is 17.0 Å². The number of aromatic nitrogens is 1. The minimum Gasteiger partial charge on any atom is -0.504 e. The van der Waals surface area contributed by atoms with Gasteiger partial charge in [-0.25, -0.2) is 4.98 Å². The summed E-state index contributed by atoms with van der Waals surface area (Å²) >= 11 is 1.45. The molecule has 0 amide bonds. The summed E-state index contributed by atoms with van der Waals surface area (Å²) in [6, 6.07) is 11.0. The molecule has 1 aromatic heterocycles. The van der Waals surface area contributed by atoms with E-state index in [1.807, 2.05) is 48.6 Å². The molecule has 0 aliphatic rings. The Morgan fingerprint density at radius 2 is 1.73 bits per heavy atom. The summed E-state index contributed by atoms with van der Waals surface area (Å²) in [5, 5.41) is 31.9. The lowest BCUT2D eigenvalue weighted by atomic mass is 10.2. The largest absolute Gasteiger partial charge is 0.504 e. The highest BCUT2D eigenvalue weighted by Gasteiger charge is 2.06. The van der Waals surface area contributed by atoms with Gasteiger partial charge >= 0.3 is 0 Å². The molecule has 2 aromatic carbocycles. The molecular weight excluding hydrogens is 348 g/mol. The highest BCUT2D eigenvalue weighted by Crippen LogP contribution is 2.33. The van der Waals surface area contributed by atoms with E-state index in [1.165, 1.54) is 23.5 Å².